The molecule has 0 aromatic heterocycles. The second kappa shape index (κ2) is 6.53. The monoisotopic (exact) mass is 261 g/mol. The number of rotatable bonds is 4. The Morgan fingerprint density at radius 2 is 1.75 bits per heavy atom. The van der Waals surface area contributed by atoms with Gasteiger partial charge in [0.1, 0.15) is 0 Å². The molecule has 94 valence electrons. The molecular weight excluding hydrogens is 238 g/mol. The van der Waals surface area contributed by atoms with E-state index >= 15 is 0 Å². The van der Waals surface area contributed by atoms with Gasteiger partial charge < -0.3 is 10.4 Å². The number of thioether (sulfide) groups is 2. The molecule has 0 radical (unpaired) electrons. The molecule has 1 aliphatic heterocycles. The second-order valence-electron chi connectivity index (χ2n) is 5.09. The SMILES string of the molecule is OCC1(CNC2CSCCSC2)CCCC1. The van der Waals surface area contributed by atoms with Gasteiger partial charge in [0.15, 0.2) is 0 Å². The molecule has 0 bridgehead atoms. The van der Waals surface area contributed by atoms with E-state index < -0.39 is 0 Å². The van der Waals surface area contributed by atoms with Gasteiger partial charge in [-0.25, -0.2) is 0 Å². The molecule has 2 N–H and O–H groups in total. The van der Waals surface area contributed by atoms with E-state index in [9.17, 15) is 5.11 Å². The molecule has 2 rings (SSSR count). The van der Waals surface area contributed by atoms with E-state index in [0.717, 1.165) is 6.54 Å². The molecule has 1 aliphatic carbocycles. The molecule has 0 aromatic carbocycles. The number of nitrogens with one attached hydrogen (secondary N) is 1. The number of hydrogen-bond donors (Lipinski definition) is 2. The van der Waals surface area contributed by atoms with E-state index in [1.54, 1.807) is 0 Å². The van der Waals surface area contributed by atoms with E-state index in [-0.39, 0.29) is 5.41 Å². The van der Waals surface area contributed by atoms with Crippen LogP contribution in [0.4, 0.5) is 0 Å². The van der Waals surface area contributed by atoms with E-state index in [2.05, 4.69) is 28.8 Å². The van der Waals surface area contributed by atoms with E-state index in [0.29, 0.717) is 12.6 Å². The van der Waals surface area contributed by atoms with Gasteiger partial charge in [-0.15, -0.1) is 0 Å². The minimum atomic E-state index is 0.210. The molecule has 4 heteroatoms. The fraction of sp³-hybridized carbons (Fsp3) is 1.00. The predicted molar refractivity (Wildman–Crippen MR) is 74.4 cm³/mol. The molecule has 0 aromatic rings. The van der Waals surface area contributed by atoms with E-state index in [1.165, 1.54) is 48.7 Å². The largest absolute Gasteiger partial charge is 0.396 e. The third kappa shape index (κ3) is 3.56. The zero-order valence-electron chi connectivity index (χ0n) is 9.91. The summed E-state index contributed by atoms with van der Waals surface area (Å²) in [6, 6.07) is 0.654. The van der Waals surface area contributed by atoms with Crippen molar-refractivity contribution in [2.75, 3.05) is 36.2 Å². The summed E-state index contributed by atoms with van der Waals surface area (Å²) in [5, 5.41) is 13.2. The van der Waals surface area contributed by atoms with Crippen molar-refractivity contribution in [1.82, 2.24) is 5.32 Å². The molecule has 16 heavy (non-hydrogen) atoms. The Labute approximate surface area is 107 Å². The molecule has 0 atom stereocenters. The first-order valence-corrected chi connectivity index (χ1v) is 8.65. The highest BCUT2D eigenvalue weighted by Crippen LogP contribution is 2.37. The van der Waals surface area contributed by atoms with Gasteiger partial charge in [0.25, 0.3) is 0 Å². The van der Waals surface area contributed by atoms with Crippen LogP contribution in [0.3, 0.4) is 0 Å². The Hall–Kier alpha value is 0.620. The average Bonchev–Trinajstić information content (AvgIpc) is 2.63. The first-order chi connectivity index (χ1) is 7.85. The predicted octanol–water partition coefficient (Wildman–Crippen LogP) is 1.98. The normalized spacial score (nSPS) is 26.8. The van der Waals surface area contributed by atoms with E-state index in [1.807, 2.05) is 0 Å². The van der Waals surface area contributed by atoms with Gasteiger partial charge in [0.05, 0.1) is 0 Å². The summed E-state index contributed by atoms with van der Waals surface area (Å²) in [7, 11) is 0. The number of aliphatic hydroxyl groups is 1. The smallest absolute Gasteiger partial charge is 0.0499 e. The lowest BCUT2D eigenvalue weighted by molar-refractivity contribution is 0.126. The second-order valence-corrected chi connectivity index (χ2v) is 7.39. The van der Waals surface area contributed by atoms with Gasteiger partial charge in [0, 0.05) is 47.6 Å². The van der Waals surface area contributed by atoms with Crippen LogP contribution in [0.5, 0.6) is 0 Å². The molecule has 1 heterocycles. The lowest BCUT2D eigenvalue weighted by Crippen LogP contribution is -2.42. The fourth-order valence-electron chi connectivity index (χ4n) is 2.61. The minimum absolute atomic E-state index is 0.210. The van der Waals surface area contributed by atoms with Crippen LogP contribution in [0.25, 0.3) is 0 Å². The Bertz CT molecular complexity index is 199. The maximum Gasteiger partial charge on any atom is 0.0499 e. The molecule has 1 saturated heterocycles. The highest BCUT2D eigenvalue weighted by Gasteiger charge is 2.33. The molecule has 0 spiro atoms. The molecule has 0 unspecified atom stereocenters. The van der Waals surface area contributed by atoms with Crippen molar-refractivity contribution in [3.05, 3.63) is 0 Å². The van der Waals surface area contributed by atoms with Crippen LogP contribution < -0.4 is 5.32 Å². The van der Waals surface area contributed by atoms with Crippen LogP contribution >= 0.6 is 23.5 Å². The van der Waals surface area contributed by atoms with Crippen molar-refractivity contribution in [2.45, 2.75) is 31.7 Å². The molecule has 2 fully saturated rings. The fourth-order valence-corrected chi connectivity index (χ4v) is 5.08. The Morgan fingerprint density at radius 1 is 1.12 bits per heavy atom. The summed E-state index contributed by atoms with van der Waals surface area (Å²) in [4.78, 5) is 0. The summed E-state index contributed by atoms with van der Waals surface area (Å²) >= 11 is 4.13. The van der Waals surface area contributed by atoms with Crippen LogP contribution in [0.2, 0.25) is 0 Å². The van der Waals surface area contributed by atoms with Gasteiger partial charge in [-0.3, -0.25) is 0 Å². The third-order valence-corrected chi connectivity index (χ3v) is 6.30. The van der Waals surface area contributed by atoms with Crippen LogP contribution in [0.1, 0.15) is 25.7 Å². The number of aliphatic hydroxyl groups excluding tert-OH is 1. The van der Waals surface area contributed by atoms with Crippen LogP contribution in [0.15, 0.2) is 0 Å². The molecular formula is C12H23NOS2. The summed E-state index contributed by atoms with van der Waals surface area (Å²) in [5.74, 6) is 5.09. The molecule has 0 amide bonds. The summed E-state index contributed by atoms with van der Waals surface area (Å²) in [5.41, 5.74) is 0.210. The highest BCUT2D eigenvalue weighted by molar-refractivity contribution is 8.03. The van der Waals surface area contributed by atoms with Crippen LogP contribution in [-0.4, -0.2) is 47.3 Å². The summed E-state index contributed by atoms with van der Waals surface area (Å²) < 4.78 is 0. The highest BCUT2D eigenvalue weighted by atomic mass is 32.2. The zero-order chi connectivity index (χ0) is 11.3. The first-order valence-electron chi connectivity index (χ1n) is 6.34. The lowest BCUT2D eigenvalue weighted by atomic mass is 9.87. The first kappa shape index (κ1) is 13.1. The van der Waals surface area contributed by atoms with E-state index in [4.69, 9.17) is 0 Å². The van der Waals surface area contributed by atoms with Crippen LogP contribution in [-0.2, 0) is 0 Å². The van der Waals surface area contributed by atoms with Crippen molar-refractivity contribution in [1.29, 1.82) is 0 Å². The molecule has 2 aliphatic rings. The summed E-state index contributed by atoms with van der Waals surface area (Å²) in [6.45, 7) is 1.39. The standard InChI is InChI=1S/C12H23NOS2/c14-10-12(3-1-2-4-12)9-13-11-7-15-5-6-16-8-11/h11,13-14H,1-10H2. The molecule has 1 saturated carbocycles. The molecule has 2 nitrogen and oxygen atoms in total. The van der Waals surface area contributed by atoms with Gasteiger partial charge in [-0.1, -0.05) is 12.8 Å². The van der Waals surface area contributed by atoms with Crippen molar-refractivity contribution >= 4 is 23.5 Å². The Morgan fingerprint density at radius 3 is 2.31 bits per heavy atom. The number of hydrogen-bond acceptors (Lipinski definition) is 4. The van der Waals surface area contributed by atoms with Gasteiger partial charge in [0.2, 0.25) is 0 Å². The Balaban J connectivity index is 1.76. The van der Waals surface area contributed by atoms with Gasteiger partial charge >= 0.3 is 0 Å². The zero-order valence-corrected chi connectivity index (χ0v) is 11.5. The van der Waals surface area contributed by atoms with Crippen molar-refractivity contribution in [2.24, 2.45) is 5.41 Å². The van der Waals surface area contributed by atoms with Crippen molar-refractivity contribution in [3.63, 3.8) is 0 Å². The van der Waals surface area contributed by atoms with Crippen molar-refractivity contribution < 1.29 is 5.11 Å². The topological polar surface area (TPSA) is 32.3 Å². The van der Waals surface area contributed by atoms with Crippen molar-refractivity contribution in [3.8, 4) is 0 Å². The minimum Gasteiger partial charge on any atom is -0.396 e. The lowest BCUT2D eigenvalue weighted by Gasteiger charge is -2.29. The Kier molecular flexibility index (Phi) is 5.33. The van der Waals surface area contributed by atoms with Gasteiger partial charge in [-0.2, -0.15) is 23.5 Å². The maximum absolute atomic E-state index is 9.55. The quantitative estimate of drug-likeness (QED) is 0.810. The maximum atomic E-state index is 9.55. The van der Waals surface area contributed by atoms with Crippen LogP contribution in [0, 0.1) is 5.41 Å². The summed E-state index contributed by atoms with van der Waals surface area (Å²) in [6.07, 6.45) is 5.03. The average molecular weight is 261 g/mol. The third-order valence-electron chi connectivity index (χ3n) is 3.78. The van der Waals surface area contributed by atoms with Gasteiger partial charge in [-0.05, 0) is 12.8 Å².